The lowest BCUT2D eigenvalue weighted by atomic mass is 9.93. The lowest BCUT2D eigenvalue weighted by Gasteiger charge is -2.21. The largest absolute Gasteiger partial charge is 0.349 e. The van der Waals surface area contributed by atoms with E-state index in [2.05, 4.69) is 22.8 Å². The second-order valence-electron chi connectivity index (χ2n) is 5.52. The summed E-state index contributed by atoms with van der Waals surface area (Å²) in [5.41, 5.74) is 1.74. The van der Waals surface area contributed by atoms with Crippen molar-refractivity contribution in [1.29, 1.82) is 0 Å². The van der Waals surface area contributed by atoms with E-state index in [1.807, 2.05) is 31.2 Å². The lowest BCUT2D eigenvalue weighted by molar-refractivity contribution is -0.125. The fourth-order valence-corrected chi connectivity index (χ4v) is 2.54. The Morgan fingerprint density at radius 3 is 2.76 bits per heavy atom. The molecule has 0 saturated carbocycles. The van der Waals surface area contributed by atoms with E-state index in [1.165, 1.54) is 6.92 Å². The molecule has 0 bridgehead atoms. The first-order valence-corrected chi connectivity index (χ1v) is 7.39. The van der Waals surface area contributed by atoms with Gasteiger partial charge in [-0.2, -0.15) is 0 Å². The van der Waals surface area contributed by atoms with Crippen molar-refractivity contribution in [3.05, 3.63) is 42.0 Å². The Morgan fingerprint density at radius 2 is 2.10 bits per heavy atom. The Labute approximate surface area is 125 Å². The van der Waals surface area contributed by atoms with Crippen LogP contribution in [0.1, 0.15) is 44.7 Å². The SMILES string of the molecule is CC(=O)Nc1cccc([C@H](C)NC(=O)[C@H]2CC=CCC2)c1. The summed E-state index contributed by atoms with van der Waals surface area (Å²) in [7, 11) is 0. The average Bonchev–Trinajstić information content (AvgIpc) is 2.47. The first-order valence-electron chi connectivity index (χ1n) is 7.39. The quantitative estimate of drug-likeness (QED) is 0.835. The maximum absolute atomic E-state index is 12.2. The highest BCUT2D eigenvalue weighted by atomic mass is 16.2. The molecule has 2 atom stereocenters. The van der Waals surface area contributed by atoms with Gasteiger partial charge in [-0.05, 0) is 43.9 Å². The smallest absolute Gasteiger partial charge is 0.223 e. The van der Waals surface area contributed by atoms with Gasteiger partial charge in [-0.1, -0.05) is 24.3 Å². The third-order valence-electron chi connectivity index (χ3n) is 3.71. The molecule has 0 unspecified atom stereocenters. The number of hydrogen-bond donors (Lipinski definition) is 2. The number of benzene rings is 1. The summed E-state index contributed by atoms with van der Waals surface area (Å²) in [5, 5.41) is 5.82. The molecule has 1 aromatic rings. The molecule has 2 rings (SSSR count). The molecule has 1 aromatic carbocycles. The predicted octanol–water partition coefficient (Wildman–Crippen LogP) is 3.18. The van der Waals surface area contributed by atoms with Crippen molar-refractivity contribution in [3.8, 4) is 0 Å². The van der Waals surface area contributed by atoms with E-state index in [4.69, 9.17) is 0 Å². The summed E-state index contributed by atoms with van der Waals surface area (Å²) in [5.74, 6) is 0.0885. The average molecular weight is 286 g/mol. The van der Waals surface area contributed by atoms with E-state index in [9.17, 15) is 9.59 Å². The van der Waals surface area contributed by atoms with Crippen molar-refractivity contribution in [1.82, 2.24) is 5.32 Å². The first kappa shape index (κ1) is 15.3. The van der Waals surface area contributed by atoms with Gasteiger partial charge in [0.25, 0.3) is 0 Å². The van der Waals surface area contributed by atoms with E-state index in [0.29, 0.717) is 0 Å². The van der Waals surface area contributed by atoms with Gasteiger partial charge in [-0.3, -0.25) is 9.59 Å². The zero-order chi connectivity index (χ0) is 15.2. The second-order valence-corrected chi connectivity index (χ2v) is 5.52. The third kappa shape index (κ3) is 4.45. The van der Waals surface area contributed by atoms with E-state index < -0.39 is 0 Å². The molecule has 112 valence electrons. The topological polar surface area (TPSA) is 58.2 Å². The van der Waals surface area contributed by atoms with Gasteiger partial charge < -0.3 is 10.6 Å². The summed E-state index contributed by atoms with van der Waals surface area (Å²) in [6, 6.07) is 7.50. The van der Waals surface area contributed by atoms with Gasteiger partial charge in [-0.25, -0.2) is 0 Å². The van der Waals surface area contributed by atoms with E-state index >= 15 is 0 Å². The Hall–Kier alpha value is -2.10. The molecule has 0 radical (unpaired) electrons. The number of carbonyl (C=O) groups is 2. The number of carbonyl (C=O) groups excluding carboxylic acids is 2. The molecule has 0 spiro atoms. The molecule has 0 saturated heterocycles. The Morgan fingerprint density at radius 1 is 1.29 bits per heavy atom. The van der Waals surface area contributed by atoms with Gasteiger partial charge in [0.2, 0.25) is 11.8 Å². The van der Waals surface area contributed by atoms with Crippen LogP contribution in [-0.2, 0) is 9.59 Å². The van der Waals surface area contributed by atoms with Gasteiger partial charge in [0.15, 0.2) is 0 Å². The molecule has 0 aliphatic heterocycles. The highest BCUT2D eigenvalue weighted by Crippen LogP contribution is 2.21. The molecule has 2 amide bonds. The van der Waals surface area contributed by atoms with Crippen LogP contribution in [0.5, 0.6) is 0 Å². The van der Waals surface area contributed by atoms with Crippen LogP contribution >= 0.6 is 0 Å². The number of hydrogen-bond acceptors (Lipinski definition) is 2. The van der Waals surface area contributed by atoms with E-state index in [1.54, 1.807) is 0 Å². The summed E-state index contributed by atoms with van der Waals surface area (Å²) in [4.78, 5) is 23.3. The van der Waals surface area contributed by atoms with E-state index in [0.717, 1.165) is 30.5 Å². The summed E-state index contributed by atoms with van der Waals surface area (Å²) in [6.45, 7) is 3.44. The highest BCUT2D eigenvalue weighted by molar-refractivity contribution is 5.88. The molecule has 0 heterocycles. The normalized spacial score (nSPS) is 18.9. The number of anilines is 1. The van der Waals surface area contributed by atoms with Gasteiger partial charge in [-0.15, -0.1) is 0 Å². The van der Waals surface area contributed by atoms with Crippen LogP contribution in [-0.4, -0.2) is 11.8 Å². The second kappa shape index (κ2) is 7.07. The van der Waals surface area contributed by atoms with Crippen LogP contribution in [0.15, 0.2) is 36.4 Å². The standard InChI is InChI=1S/C17H22N2O2/c1-12(18-17(21)14-7-4-3-5-8-14)15-9-6-10-16(11-15)19-13(2)20/h3-4,6,9-12,14H,5,7-8H2,1-2H3,(H,18,21)(H,19,20)/t12-,14-/m0/s1. The fraction of sp³-hybridized carbons (Fsp3) is 0.412. The van der Waals surface area contributed by atoms with Crippen LogP contribution < -0.4 is 10.6 Å². The molecule has 0 aromatic heterocycles. The van der Waals surface area contributed by atoms with Crippen LogP contribution in [0.4, 0.5) is 5.69 Å². The van der Waals surface area contributed by atoms with Gasteiger partial charge >= 0.3 is 0 Å². The molecule has 1 aliphatic carbocycles. The number of nitrogens with one attached hydrogen (secondary N) is 2. The summed E-state index contributed by atoms with van der Waals surface area (Å²) in [6.07, 6.45) is 6.93. The molecule has 0 fully saturated rings. The summed E-state index contributed by atoms with van der Waals surface area (Å²) >= 11 is 0. The van der Waals surface area contributed by atoms with E-state index in [-0.39, 0.29) is 23.8 Å². The Balaban J connectivity index is 1.99. The van der Waals surface area contributed by atoms with Crippen molar-refractivity contribution in [3.63, 3.8) is 0 Å². The van der Waals surface area contributed by atoms with Crippen LogP contribution in [0.3, 0.4) is 0 Å². The van der Waals surface area contributed by atoms with Gasteiger partial charge in [0, 0.05) is 18.5 Å². The molecule has 21 heavy (non-hydrogen) atoms. The minimum atomic E-state index is -0.0992. The minimum Gasteiger partial charge on any atom is -0.349 e. The molecule has 2 N–H and O–H groups in total. The minimum absolute atomic E-state index is 0.0721. The van der Waals surface area contributed by atoms with Crippen molar-refractivity contribution in [2.24, 2.45) is 5.92 Å². The van der Waals surface area contributed by atoms with Crippen molar-refractivity contribution < 1.29 is 9.59 Å². The maximum Gasteiger partial charge on any atom is 0.223 e. The Kier molecular flexibility index (Phi) is 5.14. The maximum atomic E-state index is 12.2. The van der Waals surface area contributed by atoms with Crippen molar-refractivity contribution >= 4 is 17.5 Å². The molecule has 4 heteroatoms. The highest BCUT2D eigenvalue weighted by Gasteiger charge is 2.20. The molecular weight excluding hydrogens is 264 g/mol. The van der Waals surface area contributed by atoms with Crippen LogP contribution in [0.25, 0.3) is 0 Å². The van der Waals surface area contributed by atoms with Crippen LogP contribution in [0, 0.1) is 5.92 Å². The molecular formula is C17H22N2O2. The molecule has 1 aliphatic rings. The number of amides is 2. The fourth-order valence-electron chi connectivity index (χ4n) is 2.54. The monoisotopic (exact) mass is 286 g/mol. The zero-order valence-electron chi connectivity index (χ0n) is 12.6. The van der Waals surface area contributed by atoms with Crippen LogP contribution in [0.2, 0.25) is 0 Å². The summed E-state index contributed by atoms with van der Waals surface area (Å²) < 4.78 is 0. The van der Waals surface area contributed by atoms with Crippen molar-refractivity contribution in [2.75, 3.05) is 5.32 Å². The third-order valence-corrected chi connectivity index (χ3v) is 3.71. The van der Waals surface area contributed by atoms with Gasteiger partial charge in [0.1, 0.15) is 0 Å². The van der Waals surface area contributed by atoms with Gasteiger partial charge in [0.05, 0.1) is 6.04 Å². The number of rotatable bonds is 4. The Bertz CT molecular complexity index is 551. The van der Waals surface area contributed by atoms with Crippen molar-refractivity contribution in [2.45, 2.75) is 39.2 Å². The zero-order valence-corrected chi connectivity index (χ0v) is 12.6. The molecule has 4 nitrogen and oxygen atoms in total. The lowest BCUT2D eigenvalue weighted by Crippen LogP contribution is -2.33. The predicted molar refractivity (Wildman–Crippen MR) is 83.8 cm³/mol. The first-order chi connectivity index (χ1) is 10.1. The number of allylic oxidation sites excluding steroid dienone is 2.